The monoisotopic (exact) mass is 440 g/mol. The van der Waals surface area contributed by atoms with Crippen LogP contribution in [0.3, 0.4) is 0 Å². The summed E-state index contributed by atoms with van der Waals surface area (Å²) in [5.74, 6) is -1.42. The van der Waals surface area contributed by atoms with Crippen LogP contribution in [0.15, 0.2) is 65.2 Å². The van der Waals surface area contributed by atoms with Crippen molar-refractivity contribution in [3.8, 4) is 33.8 Å². The number of fused-ring (bicyclic) bond motifs is 1. The van der Waals surface area contributed by atoms with Gasteiger partial charge in [0.05, 0.1) is 16.8 Å². The standard InChI is InChI=1S/C24H17FN6O2/c1-12-8-9-28-19-7-4-14(10-16(12)19)17-11-18(23-30-31-24(33-23)22(27)32)21(26)29-20(17)13-2-5-15(25)6-3-13/h2-11H,1H3,(H2,26,29)(H2,27,32). The van der Waals surface area contributed by atoms with Gasteiger partial charge in [0.15, 0.2) is 0 Å². The Morgan fingerprint density at radius 1 is 0.970 bits per heavy atom. The highest BCUT2D eigenvalue weighted by molar-refractivity contribution is 5.93. The van der Waals surface area contributed by atoms with E-state index >= 15 is 0 Å². The highest BCUT2D eigenvalue weighted by atomic mass is 19.1. The largest absolute Gasteiger partial charge is 0.412 e. The molecule has 0 saturated heterocycles. The number of benzene rings is 2. The Morgan fingerprint density at radius 3 is 2.45 bits per heavy atom. The van der Waals surface area contributed by atoms with Crippen LogP contribution in [-0.2, 0) is 0 Å². The van der Waals surface area contributed by atoms with E-state index in [1.165, 1.54) is 12.1 Å². The van der Waals surface area contributed by atoms with E-state index in [-0.39, 0.29) is 23.4 Å². The molecule has 2 aromatic carbocycles. The van der Waals surface area contributed by atoms with Crippen molar-refractivity contribution in [2.45, 2.75) is 6.92 Å². The second-order valence-corrected chi connectivity index (χ2v) is 7.46. The predicted octanol–water partition coefficient (Wildman–Crippen LogP) is 4.14. The molecule has 0 atom stereocenters. The maximum atomic E-state index is 13.6. The lowest BCUT2D eigenvalue weighted by Crippen LogP contribution is -2.10. The molecule has 5 aromatic rings. The topological polar surface area (TPSA) is 134 Å². The van der Waals surface area contributed by atoms with Gasteiger partial charge in [-0.3, -0.25) is 9.78 Å². The van der Waals surface area contributed by atoms with Crippen LogP contribution in [0, 0.1) is 12.7 Å². The van der Waals surface area contributed by atoms with Gasteiger partial charge in [0.1, 0.15) is 11.6 Å². The molecular formula is C24H17FN6O2. The SMILES string of the molecule is Cc1ccnc2ccc(-c3cc(-c4nnc(C(N)=O)o4)c(N)nc3-c3ccc(F)cc3)cc12. The second kappa shape index (κ2) is 7.79. The number of nitrogens with zero attached hydrogens (tertiary/aromatic N) is 4. The number of carbonyl (C=O) groups excluding carboxylic acids is 1. The number of nitrogen functional groups attached to an aromatic ring is 1. The maximum absolute atomic E-state index is 13.6. The molecule has 3 aromatic heterocycles. The van der Waals surface area contributed by atoms with Gasteiger partial charge in [0, 0.05) is 22.7 Å². The number of rotatable bonds is 4. The zero-order valence-electron chi connectivity index (χ0n) is 17.4. The fraction of sp³-hybridized carbons (Fsp3) is 0.0417. The molecule has 5 rings (SSSR count). The van der Waals surface area contributed by atoms with Crippen molar-refractivity contribution in [2.75, 3.05) is 5.73 Å². The van der Waals surface area contributed by atoms with Crippen molar-refractivity contribution in [1.29, 1.82) is 0 Å². The summed E-state index contributed by atoms with van der Waals surface area (Å²) in [4.78, 5) is 20.4. The lowest BCUT2D eigenvalue weighted by molar-refractivity contribution is 0.0968. The third-order valence-electron chi connectivity index (χ3n) is 5.31. The molecule has 0 radical (unpaired) electrons. The van der Waals surface area contributed by atoms with E-state index < -0.39 is 5.91 Å². The number of hydrogen-bond donors (Lipinski definition) is 2. The lowest BCUT2D eigenvalue weighted by atomic mass is 9.95. The van der Waals surface area contributed by atoms with E-state index in [9.17, 15) is 9.18 Å². The molecule has 1 amide bonds. The Labute approximate surface area is 187 Å². The first-order valence-electron chi connectivity index (χ1n) is 9.96. The van der Waals surface area contributed by atoms with Crippen LogP contribution in [0.1, 0.15) is 16.2 Å². The maximum Gasteiger partial charge on any atom is 0.306 e. The third kappa shape index (κ3) is 3.65. The molecule has 9 heteroatoms. The molecule has 4 N–H and O–H groups in total. The Morgan fingerprint density at radius 2 is 1.73 bits per heavy atom. The number of aromatic nitrogens is 4. The minimum absolute atomic E-state index is 0.0133. The van der Waals surface area contributed by atoms with Gasteiger partial charge in [-0.1, -0.05) is 6.07 Å². The van der Waals surface area contributed by atoms with Crippen LogP contribution in [0.4, 0.5) is 10.2 Å². The van der Waals surface area contributed by atoms with Gasteiger partial charge in [0.2, 0.25) is 0 Å². The van der Waals surface area contributed by atoms with E-state index in [2.05, 4.69) is 20.2 Å². The number of aryl methyl sites for hydroxylation is 1. The number of primary amides is 1. The summed E-state index contributed by atoms with van der Waals surface area (Å²) < 4.78 is 18.9. The molecule has 0 saturated carbocycles. The van der Waals surface area contributed by atoms with Crippen LogP contribution in [-0.4, -0.2) is 26.1 Å². The average molecular weight is 440 g/mol. The summed E-state index contributed by atoms with van der Waals surface area (Å²) in [6.07, 6.45) is 1.76. The molecule has 0 bridgehead atoms. The molecule has 0 aliphatic rings. The quantitative estimate of drug-likeness (QED) is 0.429. The minimum atomic E-state index is -0.846. The summed E-state index contributed by atoms with van der Waals surface area (Å²) in [7, 11) is 0. The van der Waals surface area contributed by atoms with E-state index in [4.69, 9.17) is 15.9 Å². The fourth-order valence-electron chi connectivity index (χ4n) is 3.63. The molecule has 0 spiro atoms. The normalized spacial score (nSPS) is 11.1. The minimum Gasteiger partial charge on any atom is -0.412 e. The van der Waals surface area contributed by atoms with Crippen LogP contribution in [0.2, 0.25) is 0 Å². The molecule has 0 fully saturated rings. The van der Waals surface area contributed by atoms with Crippen molar-refractivity contribution < 1.29 is 13.6 Å². The average Bonchev–Trinajstić information content (AvgIpc) is 3.30. The van der Waals surface area contributed by atoms with Crippen LogP contribution in [0.5, 0.6) is 0 Å². The molecule has 8 nitrogen and oxygen atoms in total. The van der Waals surface area contributed by atoms with Gasteiger partial charge in [-0.05, 0) is 66.6 Å². The molecule has 0 unspecified atom stereocenters. The van der Waals surface area contributed by atoms with Gasteiger partial charge in [0.25, 0.3) is 5.89 Å². The van der Waals surface area contributed by atoms with Crippen LogP contribution in [0.25, 0.3) is 44.7 Å². The van der Waals surface area contributed by atoms with Gasteiger partial charge in [-0.2, -0.15) is 0 Å². The van der Waals surface area contributed by atoms with Crippen LogP contribution < -0.4 is 11.5 Å². The van der Waals surface area contributed by atoms with Gasteiger partial charge >= 0.3 is 11.8 Å². The summed E-state index contributed by atoms with van der Waals surface area (Å²) in [5.41, 5.74) is 16.5. The van der Waals surface area contributed by atoms with E-state index in [1.54, 1.807) is 24.4 Å². The zero-order valence-corrected chi connectivity index (χ0v) is 17.4. The first-order chi connectivity index (χ1) is 15.9. The molecular weight excluding hydrogens is 423 g/mol. The third-order valence-corrected chi connectivity index (χ3v) is 5.31. The zero-order chi connectivity index (χ0) is 23.1. The summed E-state index contributed by atoms with van der Waals surface area (Å²) in [6, 6.07) is 15.5. The highest BCUT2D eigenvalue weighted by Gasteiger charge is 2.20. The molecule has 33 heavy (non-hydrogen) atoms. The first kappa shape index (κ1) is 20.3. The van der Waals surface area contributed by atoms with Crippen molar-refractivity contribution in [3.63, 3.8) is 0 Å². The molecule has 0 aliphatic carbocycles. The number of hydrogen-bond acceptors (Lipinski definition) is 7. The number of halogens is 1. The first-order valence-corrected chi connectivity index (χ1v) is 9.96. The van der Waals surface area contributed by atoms with E-state index in [0.29, 0.717) is 22.4 Å². The van der Waals surface area contributed by atoms with Gasteiger partial charge in [-0.15, -0.1) is 10.2 Å². The Balaban J connectivity index is 1.76. The number of anilines is 1. The highest BCUT2D eigenvalue weighted by Crippen LogP contribution is 2.37. The van der Waals surface area contributed by atoms with Crippen LogP contribution >= 0.6 is 0 Å². The van der Waals surface area contributed by atoms with Crippen molar-refractivity contribution in [2.24, 2.45) is 5.73 Å². The van der Waals surface area contributed by atoms with Crippen molar-refractivity contribution >= 4 is 22.6 Å². The summed E-state index contributed by atoms with van der Waals surface area (Å²) in [6.45, 7) is 2.01. The smallest absolute Gasteiger partial charge is 0.306 e. The number of pyridine rings is 2. The summed E-state index contributed by atoms with van der Waals surface area (Å²) >= 11 is 0. The van der Waals surface area contributed by atoms with Gasteiger partial charge < -0.3 is 15.9 Å². The summed E-state index contributed by atoms with van der Waals surface area (Å²) in [5, 5.41) is 8.52. The van der Waals surface area contributed by atoms with Crippen molar-refractivity contribution in [3.05, 3.63) is 78.1 Å². The van der Waals surface area contributed by atoms with Gasteiger partial charge in [-0.25, -0.2) is 9.37 Å². The predicted molar refractivity (Wildman–Crippen MR) is 121 cm³/mol. The molecule has 0 aliphatic heterocycles. The van der Waals surface area contributed by atoms with Crippen molar-refractivity contribution in [1.82, 2.24) is 20.2 Å². The molecule has 3 heterocycles. The number of nitrogens with two attached hydrogens (primary N) is 2. The number of amides is 1. The Bertz CT molecular complexity index is 1530. The fourth-order valence-corrected chi connectivity index (χ4v) is 3.63. The molecule has 162 valence electrons. The second-order valence-electron chi connectivity index (χ2n) is 7.46. The lowest BCUT2D eigenvalue weighted by Gasteiger charge is -2.14. The Kier molecular flexibility index (Phi) is 4.78. The van der Waals surface area contributed by atoms with E-state index in [1.807, 2.05) is 31.2 Å². The number of carbonyl (C=O) groups is 1. The van der Waals surface area contributed by atoms with E-state index in [0.717, 1.165) is 22.0 Å². The Hall–Kier alpha value is -4.66.